The highest BCUT2D eigenvalue weighted by atomic mass is 16.5. The van der Waals surface area contributed by atoms with Gasteiger partial charge in [0.1, 0.15) is 12.4 Å². The van der Waals surface area contributed by atoms with Gasteiger partial charge in [-0.2, -0.15) is 0 Å². The molecular formula is C21H22N2O4. The zero-order valence-corrected chi connectivity index (χ0v) is 15.4. The summed E-state index contributed by atoms with van der Waals surface area (Å²) in [6.45, 7) is 2.33. The van der Waals surface area contributed by atoms with Gasteiger partial charge in [-0.1, -0.05) is 30.3 Å². The molecule has 0 saturated heterocycles. The predicted molar refractivity (Wildman–Crippen MR) is 103 cm³/mol. The van der Waals surface area contributed by atoms with E-state index in [2.05, 4.69) is 5.32 Å². The second kappa shape index (κ2) is 8.40. The molecule has 0 bridgehead atoms. The van der Waals surface area contributed by atoms with Gasteiger partial charge in [0.05, 0.1) is 12.1 Å². The van der Waals surface area contributed by atoms with Crippen LogP contribution in [0.4, 0.5) is 0 Å². The topological polar surface area (TPSA) is 69.6 Å². The lowest BCUT2D eigenvalue weighted by Gasteiger charge is -2.08. The number of benzene rings is 2. The normalized spacial score (nSPS) is 10.6. The maximum absolute atomic E-state index is 12.3. The Kier molecular flexibility index (Phi) is 5.76. The van der Waals surface area contributed by atoms with Crippen molar-refractivity contribution in [3.63, 3.8) is 0 Å². The number of ether oxygens (including phenoxy) is 2. The van der Waals surface area contributed by atoms with E-state index in [9.17, 15) is 9.59 Å². The number of amides is 1. The molecule has 6 heteroatoms. The van der Waals surface area contributed by atoms with E-state index < -0.39 is 5.97 Å². The fourth-order valence-electron chi connectivity index (χ4n) is 2.83. The minimum Gasteiger partial charge on any atom is -0.492 e. The van der Waals surface area contributed by atoms with E-state index in [1.807, 2.05) is 67.1 Å². The summed E-state index contributed by atoms with van der Waals surface area (Å²) in [5.74, 6) is -0.124. The first-order chi connectivity index (χ1) is 13.0. The number of nitrogens with one attached hydrogen (secondary N) is 1. The Bertz CT molecular complexity index is 962. The molecule has 0 unspecified atom stereocenters. The number of rotatable bonds is 7. The third-order valence-corrected chi connectivity index (χ3v) is 4.13. The molecule has 27 heavy (non-hydrogen) atoms. The standard InChI is InChI=1S/C21H22N2O4/c1-15-6-5-7-16(12-15)26-11-10-22-20(24)14-27-21(25)18-13-23(2)19-9-4-3-8-17(18)19/h3-9,12-13H,10-11,14H2,1-2H3,(H,22,24). The Morgan fingerprint density at radius 1 is 1.11 bits per heavy atom. The molecule has 140 valence electrons. The van der Waals surface area contributed by atoms with Crippen molar-refractivity contribution < 1.29 is 19.1 Å². The van der Waals surface area contributed by atoms with Crippen LogP contribution in [0.25, 0.3) is 10.9 Å². The largest absolute Gasteiger partial charge is 0.492 e. The molecule has 6 nitrogen and oxygen atoms in total. The molecule has 0 fully saturated rings. The van der Waals surface area contributed by atoms with Crippen LogP contribution in [0.3, 0.4) is 0 Å². The van der Waals surface area contributed by atoms with Gasteiger partial charge in [0.25, 0.3) is 5.91 Å². The average molecular weight is 366 g/mol. The first-order valence-corrected chi connectivity index (χ1v) is 8.72. The summed E-state index contributed by atoms with van der Waals surface area (Å²) in [4.78, 5) is 24.1. The summed E-state index contributed by atoms with van der Waals surface area (Å²) in [6, 6.07) is 15.2. The molecule has 0 aliphatic heterocycles. The number of hydrogen-bond donors (Lipinski definition) is 1. The van der Waals surface area contributed by atoms with Gasteiger partial charge in [-0.15, -0.1) is 0 Å². The van der Waals surface area contributed by atoms with Crippen molar-refractivity contribution in [1.29, 1.82) is 0 Å². The minimum absolute atomic E-state index is 0.327. The van der Waals surface area contributed by atoms with Gasteiger partial charge >= 0.3 is 5.97 Å². The van der Waals surface area contributed by atoms with E-state index >= 15 is 0 Å². The van der Waals surface area contributed by atoms with Crippen LogP contribution in [0.2, 0.25) is 0 Å². The van der Waals surface area contributed by atoms with Crippen molar-refractivity contribution in [2.45, 2.75) is 6.92 Å². The first-order valence-electron chi connectivity index (χ1n) is 8.72. The first kappa shape index (κ1) is 18.5. The van der Waals surface area contributed by atoms with Crippen molar-refractivity contribution >= 4 is 22.8 Å². The van der Waals surface area contributed by atoms with E-state index in [1.165, 1.54) is 0 Å². The number of nitrogens with zero attached hydrogens (tertiary/aromatic N) is 1. The Morgan fingerprint density at radius 2 is 1.93 bits per heavy atom. The van der Waals surface area contributed by atoms with E-state index in [0.717, 1.165) is 22.2 Å². The highest BCUT2D eigenvalue weighted by Gasteiger charge is 2.16. The lowest BCUT2D eigenvalue weighted by atomic mass is 10.2. The van der Waals surface area contributed by atoms with Crippen LogP contribution in [-0.4, -0.2) is 36.2 Å². The van der Waals surface area contributed by atoms with Crippen LogP contribution >= 0.6 is 0 Å². The number of para-hydroxylation sites is 1. The van der Waals surface area contributed by atoms with E-state index in [4.69, 9.17) is 9.47 Å². The summed E-state index contributed by atoms with van der Waals surface area (Å²) in [5.41, 5.74) is 2.49. The van der Waals surface area contributed by atoms with Crippen LogP contribution in [0.15, 0.2) is 54.7 Å². The van der Waals surface area contributed by atoms with Crippen LogP contribution < -0.4 is 10.1 Å². The van der Waals surface area contributed by atoms with Crippen molar-refractivity contribution in [2.24, 2.45) is 7.05 Å². The highest BCUT2D eigenvalue weighted by Crippen LogP contribution is 2.20. The van der Waals surface area contributed by atoms with Crippen molar-refractivity contribution in [3.8, 4) is 5.75 Å². The van der Waals surface area contributed by atoms with Crippen molar-refractivity contribution in [1.82, 2.24) is 9.88 Å². The molecular weight excluding hydrogens is 344 g/mol. The lowest BCUT2D eigenvalue weighted by Crippen LogP contribution is -2.32. The maximum Gasteiger partial charge on any atom is 0.340 e. The fourth-order valence-corrected chi connectivity index (χ4v) is 2.83. The Labute approximate surface area is 157 Å². The molecule has 0 radical (unpaired) electrons. The second-order valence-electron chi connectivity index (χ2n) is 6.26. The van der Waals surface area contributed by atoms with Crippen molar-refractivity contribution in [2.75, 3.05) is 19.8 Å². The number of aromatic nitrogens is 1. The molecule has 3 aromatic rings. The Balaban J connectivity index is 1.44. The lowest BCUT2D eigenvalue weighted by molar-refractivity contribution is -0.124. The van der Waals surface area contributed by atoms with E-state index in [1.54, 1.807) is 6.20 Å². The number of fused-ring (bicyclic) bond motifs is 1. The molecule has 3 rings (SSSR count). The molecule has 0 aliphatic carbocycles. The molecule has 0 spiro atoms. The zero-order valence-electron chi connectivity index (χ0n) is 15.4. The van der Waals surface area contributed by atoms with E-state index in [-0.39, 0.29) is 12.5 Å². The Hall–Kier alpha value is -3.28. The molecule has 0 aliphatic rings. The van der Waals surface area contributed by atoms with Gasteiger partial charge in [0.15, 0.2) is 6.61 Å². The SMILES string of the molecule is Cc1cccc(OCCNC(=O)COC(=O)c2cn(C)c3ccccc23)c1. The minimum atomic E-state index is -0.516. The van der Waals surface area contributed by atoms with E-state index in [0.29, 0.717) is 18.7 Å². The average Bonchev–Trinajstić information content (AvgIpc) is 3.01. The van der Waals surface area contributed by atoms with Crippen LogP contribution in [0.5, 0.6) is 5.75 Å². The molecule has 2 aromatic carbocycles. The number of hydrogen-bond acceptors (Lipinski definition) is 4. The summed E-state index contributed by atoms with van der Waals surface area (Å²) in [5, 5.41) is 3.47. The predicted octanol–water partition coefficient (Wildman–Crippen LogP) is 2.84. The second-order valence-corrected chi connectivity index (χ2v) is 6.26. The Morgan fingerprint density at radius 3 is 2.74 bits per heavy atom. The smallest absolute Gasteiger partial charge is 0.340 e. The molecule has 1 aromatic heterocycles. The van der Waals surface area contributed by atoms with Crippen LogP contribution in [-0.2, 0) is 16.6 Å². The molecule has 0 saturated carbocycles. The van der Waals surface area contributed by atoms with Gasteiger partial charge in [-0.3, -0.25) is 4.79 Å². The summed E-state index contributed by atoms with van der Waals surface area (Å²) in [6.07, 6.45) is 1.71. The van der Waals surface area contributed by atoms with Crippen LogP contribution in [0.1, 0.15) is 15.9 Å². The van der Waals surface area contributed by atoms with Crippen molar-refractivity contribution in [3.05, 3.63) is 65.9 Å². The third-order valence-electron chi connectivity index (χ3n) is 4.13. The summed E-state index contributed by atoms with van der Waals surface area (Å²) >= 11 is 0. The van der Waals surface area contributed by atoms with Crippen LogP contribution in [0, 0.1) is 6.92 Å². The number of esters is 1. The number of aryl methyl sites for hydroxylation is 2. The van der Waals surface area contributed by atoms with Gasteiger partial charge in [0, 0.05) is 24.1 Å². The number of carbonyl (C=O) groups is 2. The molecule has 1 amide bonds. The zero-order chi connectivity index (χ0) is 19.2. The quantitative estimate of drug-likeness (QED) is 0.516. The molecule has 1 heterocycles. The van der Waals surface area contributed by atoms with Gasteiger partial charge in [0.2, 0.25) is 0 Å². The van der Waals surface area contributed by atoms with Gasteiger partial charge in [-0.25, -0.2) is 4.79 Å². The summed E-state index contributed by atoms with van der Waals surface area (Å²) in [7, 11) is 1.86. The highest BCUT2D eigenvalue weighted by molar-refractivity contribution is 6.04. The maximum atomic E-state index is 12.3. The summed E-state index contributed by atoms with van der Waals surface area (Å²) < 4.78 is 12.6. The van der Waals surface area contributed by atoms with Gasteiger partial charge < -0.3 is 19.4 Å². The fraction of sp³-hybridized carbons (Fsp3) is 0.238. The van der Waals surface area contributed by atoms with Gasteiger partial charge in [-0.05, 0) is 30.7 Å². The molecule has 1 N–H and O–H groups in total. The number of carbonyl (C=O) groups excluding carboxylic acids is 2. The molecule has 0 atom stereocenters. The monoisotopic (exact) mass is 366 g/mol. The third kappa shape index (κ3) is 4.67.